The van der Waals surface area contributed by atoms with Crippen LogP contribution >= 0.6 is 15.9 Å². The molecule has 0 amide bonds. The van der Waals surface area contributed by atoms with Gasteiger partial charge in [-0.25, -0.2) is 4.98 Å². The molecule has 0 saturated carbocycles. The van der Waals surface area contributed by atoms with Gasteiger partial charge in [0.05, 0.1) is 28.6 Å². The first kappa shape index (κ1) is 20.7. The van der Waals surface area contributed by atoms with Crippen LogP contribution in [-0.4, -0.2) is 27.4 Å². The van der Waals surface area contributed by atoms with Gasteiger partial charge in [0.1, 0.15) is 5.82 Å². The number of hydrogen-bond acceptors (Lipinski definition) is 6. The summed E-state index contributed by atoms with van der Waals surface area (Å²) in [6, 6.07) is 9.85. The van der Waals surface area contributed by atoms with E-state index in [4.69, 9.17) is 4.74 Å². The maximum atomic E-state index is 13.1. The molecule has 2 aromatic carbocycles. The number of ether oxygens (including phenoxy) is 1. The molecule has 0 aliphatic carbocycles. The number of fused-ring (bicyclic) bond motifs is 1. The van der Waals surface area contributed by atoms with Crippen LogP contribution in [0.1, 0.15) is 38.1 Å². The monoisotopic (exact) mass is 458 g/mol. The van der Waals surface area contributed by atoms with E-state index < -0.39 is 4.92 Å². The predicted octanol–water partition coefficient (Wildman–Crippen LogP) is 4.47. The SMILES string of the molecule is CCOc1c(C=Nn2c(C(C)C)nc3ccc(Br)cc3c2=O)cccc1[N+](=O)[O-]. The Balaban J connectivity index is 2.20. The van der Waals surface area contributed by atoms with Gasteiger partial charge in [0.15, 0.2) is 0 Å². The summed E-state index contributed by atoms with van der Waals surface area (Å²) in [5, 5.41) is 16.1. The zero-order valence-electron chi connectivity index (χ0n) is 16.1. The molecule has 0 aliphatic heterocycles. The van der Waals surface area contributed by atoms with Crippen LogP contribution in [0.3, 0.4) is 0 Å². The van der Waals surface area contributed by atoms with Crippen molar-refractivity contribution in [3.05, 3.63) is 72.7 Å². The van der Waals surface area contributed by atoms with Crippen molar-refractivity contribution < 1.29 is 9.66 Å². The molecule has 8 nitrogen and oxygen atoms in total. The Morgan fingerprint density at radius 2 is 2.10 bits per heavy atom. The Hall–Kier alpha value is -3.07. The highest BCUT2D eigenvalue weighted by Gasteiger charge is 2.18. The molecule has 9 heteroatoms. The van der Waals surface area contributed by atoms with Gasteiger partial charge in [-0.3, -0.25) is 14.9 Å². The highest BCUT2D eigenvalue weighted by atomic mass is 79.9. The van der Waals surface area contributed by atoms with Crippen molar-refractivity contribution in [1.82, 2.24) is 9.66 Å². The van der Waals surface area contributed by atoms with Crippen molar-refractivity contribution in [3.8, 4) is 5.75 Å². The summed E-state index contributed by atoms with van der Waals surface area (Å²) in [6.45, 7) is 5.83. The van der Waals surface area contributed by atoms with E-state index in [1.54, 1.807) is 31.2 Å². The molecule has 1 heterocycles. The molecule has 0 saturated heterocycles. The second kappa shape index (κ2) is 8.52. The number of benzene rings is 2. The minimum Gasteiger partial charge on any atom is -0.487 e. The topological polar surface area (TPSA) is 99.6 Å². The molecule has 0 spiro atoms. The third kappa shape index (κ3) is 4.19. The first-order valence-corrected chi connectivity index (χ1v) is 9.79. The summed E-state index contributed by atoms with van der Waals surface area (Å²) in [5.74, 6) is 0.535. The van der Waals surface area contributed by atoms with Gasteiger partial charge in [-0.2, -0.15) is 9.78 Å². The molecule has 0 atom stereocenters. The molecule has 29 heavy (non-hydrogen) atoms. The van der Waals surface area contributed by atoms with Crippen molar-refractivity contribution in [2.75, 3.05) is 6.61 Å². The Kier molecular flexibility index (Phi) is 6.07. The summed E-state index contributed by atoms with van der Waals surface area (Å²) < 4.78 is 7.46. The van der Waals surface area contributed by atoms with Gasteiger partial charge in [-0.15, -0.1) is 0 Å². The predicted molar refractivity (Wildman–Crippen MR) is 115 cm³/mol. The lowest BCUT2D eigenvalue weighted by Gasteiger charge is -2.12. The fourth-order valence-corrected chi connectivity index (χ4v) is 3.22. The molecule has 0 unspecified atom stereocenters. The lowest BCUT2D eigenvalue weighted by Crippen LogP contribution is -2.23. The van der Waals surface area contributed by atoms with Gasteiger partial charge >= 0.3 is 5.69 Å². The molecule has 3 rings (SSSR count). The maximum Gasteiger partial charge on any atom is 0.311 e. The third-order valence-electron chi connectivity index (χ3n) is 4.17. The molecule has 3 aromatic rings. The van der Waals surface area contributed by atoms with E-state index in [1.165, 1.54) is 17.0 Å². The molecule has 0 fully saturated rings. The van der Waals surface area contributed by atoms with E-state index >= 15 is 0 Å². The third-order valence-corrected chi connectivity index (χ3v) is 4.67. The van der Waals surface area contributed by atoms with Crippen LogP contribution in [0.15, 0.2) is 50.8 Å². The quantitative estimate of drug-likeness (QED) is 0.308. The largest absolute Gasteiger partial charge is 0.487 e. The van der Waals surface area contributed by atoms with E-state index in [0.29, 0.717) is 22.3 Å². The number of aromatic nitrogens is 2. The summed E-state index contributed by atoms with van der Waals surface area (Å²) in [7, 11) is 0. The number of nitro groups is 1. The van der Waals surface area contributed by atoms with E-state index in [2.05, 4.69) is 26.0 Å². The van der Waals surface area contributed by atoms with Crippen LogP contribution in [0.2, 0.25) is 0 Å². The van der Waals surface area contributed by atoms with Crippen LogP contribution in [0.5, 0.6) is 5.75 Å². The lowest BCUT2D eigenvalue weighted by molar-refractivity contribution is -0.385. The van der Waals surface area contributed by atoms with Crippen molar-refractivity contribution in [3.63, 3.8) is 0 Å². The standard InChI is InChI=1S/C20H19BrN4O4/c1-4-29-18-13(6-5-7-17(18)25(27)28)11-22-24-19(12(2)3)23-16-9-8-14(21)10-15(16)20(24)26/h5-12H,4H2,1-3H3. The van der Waals surface area contributed by atoms with E-state index in [0.717, 1.165) is 4.47 Å². The minimum absolute atomic E-state index is 0.0654. The number of halogens is 1. The van der Waals surface area contributed by atoms with Crippen molar-refractivity contribution in [2.24, 2.45) is 5.10 Å². The van der Waals surface area contributed by atoms with Crippen molar-refractivity contribution in [1.29, 1.82) is 0 Å². The summed E-state index contributed by atoms with van der Waals surface area (Å²) >= 11 is 3.37. The summed E-state index contributed by atoms with van der Waals surface area (Å²) in [5.41, 5.74) is 0.503. The Bertz CT molecular complexity index is 1170. The Morgan fingerprint density at radius 1 is 1.34 bits per heavy atom. The highest BCUT2D eigenvalue weighted by Crippen LogP contribution is 2.30. The molecule has 150 valence electrons. The van der Waals surface area contributed by atoms with E-state index in [-0.39, 0.29) is 29.5 Å². The molecular weight excluding hydrogens is 440 g/mol. The van der Waals surface area contributed by atoms with Gasteiger partial charge < -0.3 is 4.74 Å². The molecule has 0 radical (unpaired) electrons. The number of rotatable bonds is 6. The maximum absolute atomic E-state index is 13.1. The summed E-state index contributed by atoms with van der Waals surface area (Å²) in [4.78, 5) is 28.4. The number of nitrogens with zero attached hydrogens (tertiary/aromatic N) is 4. The number of nitro benzene ring substituents is 1. The van der Waals surface area contributed by atoms with Crippen LogP contribution in [0.25, 0.3) is 10.9 Å². The van der Waals surface area contributed by atoms with Gasteiger partial charge in [0.2, 0.25) is 5.75 Å². The van der Waals surface area contributed by atoms with Gasteiger partial charge in [0, 0.05) is 22.0 Å². The highest BCUT2D eigenvalue weighted by molar-refractivity contribution is 9.10. The number of para-hydroxylation sites is 1. The smallest absolute Gasteiger partial charge is 0.311 e. The Labute approximate surface area is 175 Å². The summed E-state index contributed by atoms with van der Waals surface area (Å²) in [6.07, 6.45) is 1.39. The fraction of sp³-hybridized carbons (Fsp3) is 0.250. The molecule has 0 bridgehead atoms. The zero-order valence-corrected chi connectivity index (χ0v) is 17.7. The van der Waals surface area contributed by atoms with Gasteiger partial charge in [-0.05, 0) is 31.2 Å². The van der Waals surface area contributed by atoms with Crippen molar-refractivity contribution in [2.45, 2.75) is 26.7 Å². The molecule has 0 aliphatic rings. The fourth-order valence-electron chi connectivity index (χ4n) is 2.86. The average Bonchev–Trinajstić information content (AvgIpc) is 2.68. The van der Waals surface area contributed by atoms with Crippen LogP contribution in [0, 0.1) is 10.1 Å². The average molecular weight is 459 g/mol. The lowest BCUT2D eigenvalue weighted by atomic mass is 10.2. The first-order valence-electron chi connectivity index (χ1n) is 9.00. The van der Waals surface area contributed by atoms with E-state index in [9.17, 15) is 14.9 Å². The number of hydrogen-bond donors (Lipinski definition) is 0. The molecular formula is C20H19BrN4O4. The van der Waals surface area contributed by atoms with Crippen LogP contribution in [-0.2, 0) is 0 Å². The van der Waals surface area contributed by atoms with Gasteiger partial charge in [0.25, 0.3) is 5.56 Å². The van der Waals surface area contributed by atoms with Gasteiger partial charge in [-0.1, -0.05) is 35.8 Å². The van der Waals surface area contributed by atoms with E-state index in [1.807, 2.05) is 19.9 Å². The van der Waals surface area contributed by atoms with Crippen LogP contribution < -0.4 is 10.3 Å². The second-order valence-electron chi connectivity index (χ2n) is 6.53. The zero-order chi connectivity index (χ0) is 21.1. The first-order chi connectivity index (χ1) is 13.8. The van der Waals surface area contributed by atoms with Crippen LogP contribution in [0.4, 0.5) is 5.69 Å². The molecule has 1 aromatic heterocycles. The normalized spacial score (nSPS) is 11.5. The Morgan fingerprint density at radius 3 is 2.76 bits per heavy atom. The molecule has 0 N–H and O–H groups in total. The minimum atomic E-state index is -0.511. The second-order valence-corrected chi connectivity index (χ2v) is 7.45. The van der Waals surface area contributed by atoms with Crippen molar-refractivity contribution >= 4 is 38.7 Å².